The maximum atomic E-state index is 11.6. The highest BCUT2D eigenvalue weighted by molar-refractivity contribution is 7.63. The molecular weight excluding hydrogens is 250 g/mol. The molecule has 0 saturated carbocycles. The van der Waals surface area contributed by atoms with Crippen molar-refractivity contribution in [3.8, 4) is 0 Å². The van der Waals surface area contributed by atoms with Crippen LogP contribution in [0.15, 0.2) is 0 Å². The number of carbonyl (C=O) groups excluding carboxylic acids is 2. The average molecular weight is 268 g/mol. The summed E-state index contributed by atoms with van der Waals surface area (Å²) in [5, 5.41) is 0. The molecule has 0 heterocycles. The lowest BCUT2D eigenvalue weighted by molar-refractivity contribution is -0.143. The molecule has 0 spiro atoms. The van der Waals surface area contributed by atoms with Crippen LogP contribution in [0.3, 0.4) is 0 Å². The predicted octanol–water partition coefficient (Wildman–Crippen LogP) is 0.461. The molecule has 8 heteroatoms. The van der Waals surface area contributed by atoms with Gasteiger partial charge in [0.1, 0.15) is 14.3 Å². The van der Waals surface area contributed by atoms with Gasteiger partial charge in [0.25, 0.3) is 0 Å². The second kappa shape index (κ2) is 5.15. The fourth-order valence-electron chi connectivity index (χ4n) is 1.15. The summed E-state index contributed by atoms with van der Waals surface area (Å²) in [6.07, 6.45) is -0.166. The zero-order chi connectivity index (χ0) is 13.1. The Morgan fingerprint density at radius 3 is 1.50 bits per heavy atom. The molecule has 0 atom stereocenters. The van der Waals surface area contributed by atoms with E-state index in [0.29, 0.717) is 0 Å². The van der Waals surface area contributed by atoms with Gasteiger partial charge in [-0.3, -0.25) is 9.59 Å². The Hall–Kier alpha value is -0.600. The maximum absolute atomic E-state index is 11.6. The number of amides is 2. The van der Waals surface area contributed by atoms with Gasteiger partial charge in [-0.1, -0.05) is 0 Å². The molecule has 2 N–H and O–H groups in total. The number of carbonyl (C=O) groups is 2. The van der Waals surface area contributed by atoms with Crippen LogP contribution in [0.1, 0.15) is 0 Å². The van der Waals surface area contributed by atoms with Crippen molar-refractivity contribution in [3.63, 3.8) is 0 Å². The van der Waals surface area contributed by atoms with Crippen molar-refractivity contribution < 1.29 is 18.7 Å². The summed E-state index contributed by atoms with van der Waals surface area (Å²) in [5.74, 6) is -2.06. The number of hydrogen-bond donors (Lipinski definition) is 1. The Bertz CT molecular complexity index is 357. The van der Waals surface area contributed by atoms with Gasteiger partial charge in [0.2, 0.25) is 0 Å². The van der Waals surface area contributed by atoms with Crippen LogP contribution in [0.2, 0.25) is 0 Å². The first kappa shape index (κ1) is 15.4. The van der Waals surface area contributed by atoms with E-state index in [0.717, 1.165) is 4.90 Å². The fraction of sp³-hybridized carbons (Fsp3) is 0.750. The van der Waals surface area contributed by atoms with E-state index in [2.05, 4.69) is 0 Å². The third-order valence-electron chi connectivity index (χ3n) is 1.52. The Labute approximate surface area is 95.3 Å². The van der Waals surface area contributed by atoms with E-state index >= 15 is 0 Å². The van der Waals surface area contributed by atoms with Gasteiger partial charge in [-0.25, -0.2) is 0 Å². The minimum absolute atomic E-state index is 0.0829. The molecule has 0 aliphatic rings. The smallest absolute Gasteiger partial charge is 0.312 e. The van der Waals surface area contributed by atoms with Crippen molar-refractivity contribution in [2.24, 2.45) is 5.73 Å². The Morgan fingerprint density at radius 1 is 1.00 bits per heavy atom. The fourth-order valence-corrected chi connectivity index (χ4v) is 3.41. The molecule has 0 fully saturated rings. The van der Waals surface area contributed by atoms with E-state index in [-0.39, 0.29) is 12.6 Å². The number of nitrogens with zero attached hydrogens (tertiary/aromatic N) is 1. The normalized spacial score (nSPS) is 12.2. The van der Waals surface area contributed by atoms with Crippen LogP contribution < -0.4 is 5.73 Å². The van der Waals surface area contributed by atoms with Crippen LogP contribution in [-0.4, -0.2) is 55.9 Å². The topological polar surface area (TPSA) is 97.5 Å². The molecule has 0 aliphatic carbocycles. The molecule has 0 radical (unpaired) electrons. The van der Waals surface area contributed by atoms with E-state index in [9.17, 15) is 18.7 Å². The molecule has 2 amide bonds. The van der Waals surface area contributed by atoms with Gasteiger partial charge in [0.15, 0.2) is 0 Å². The summed E-state index contributed by atoms with van der Waals surface area (Å²) in [7, 11) is -5.05. The Morgan fingerprint density at radius 2 is 1.31 bits per heavy atom. The zero-order valence-electron chi connectivity index (χ0n) is 9.97. The highest BCUT2D eigenvalue weighted by Crippen LogP contribution is 2.42. The van der Waals surface area contributed by atoms with Gasteiger partial charge in [-0.15, -0.1) is 0 Å². The van der Waals surface area contributed by atoms with Gasteiger partial charge in [-0.2, -0.15) is 0 Å². The summed E-state index contributed by atoms with van der Waals surface area (Å²) in [6, 6.07) is 0. The van der Waals surface area contributed by atoms with Crippen molar-refractivity contribution in [2.45, 2.75) is 0 Å². The second-order valence-corrected chi connectivity index (χ2v) is 11.5. The first-order valence-electron chi connectivity index (χ1n) is 4.59. The lowest BCUT2D eigenvalue weighted by Crippen LogP contribution is -2.41. The van der Waals surface area contributed by atoms with Gasteiger partial charge >= 0.3 is 11.8 Å². The first-order chi connectivity index (χ1) is 6.92. The number of nitrogens with two attached hydrogens (primary N) is 1. The lowest BCUT2D eigenvalue weighted by Gasteiger charge is -2.24. The van der Waals surface area contributed by atoms with E-state index in [1.165, 1.54) is 26.7 Å². The Kier molecular flexibility index (Phi) is 4.96. The second-order valence-electron chi connectivity index (χ2n) is 4.64. The average Bonchev–Trinajstić information content (AvgIpc) is 1.95. The van der Waals surface area contributed by atoms with Crippen LogP contribution in [0, 0.1) is 0 Å². The van der Waals surface area contributed by atoms with Crippen LogP contribution in [0.25, 0.3) is 0 Å². The van der Waals surface area contributed by atoms with E-state index in [4.69, 9.17) is 5.73 Å². The summed E-state index contributed by atoms with van der Waals surface area (Å²) in [6.45, 7) is 5.96. The van der Waals surface area contributed by atoms with E-state index in [1.807, 2.05) is 0 Å². The molecule has 0 aliphatic heterocycles. The van der Waals surface area contributed by atoms with Gasteiger partial charge < -0.3 is 19.8 Å². The molecule has 0 rings (SSSR count). The van der Waals surface area contributed by atoms with Crippen molar-refractivity contribution in [1.82, 2.24) is 4.90 Å². The highest BCUT2D eigenvalue weighted by Gasteiger charge is 2.27. The van der Waals surface area contributed by atoms with Crippen LogP contribution in [0.4, 0.5) is 0 Å². The summed E-state index contributed by atoms with van der Waals surface area (Å²) < 4.78 is 23.2. The number of hydrogen-bond acceptors (Lipinski definition) is 4. The van der Waals surface area contributed by atoms with Crippen molar-refractivity contribution in [1.29, 1.82) is 0 Å². The predicted molar refractivity (Wildman–Crippen MR) is 64.7 cm³/mol. The summed E-state index contributed by atoms with van der Waals surface area (Å²) in [5.41, 5.74) is 4.87. The molecule has 0 unspecified atom stereocenters. The SMILES string of the molecule is CP(C)(=O)CN(CP(C)(C)=O)C(=O)C(N)=O. The minimum Gasteiger partial charge on any atom is -0.361 e. The number of rotatable bonds is 4. The largest absolute Gasteiger partial charge is 0.361 e. The van der Waals surface area contributed by atoms with Crippen LogP contribution in [0.5, 0.6) is 0 Å². The summed E-state index contributed by atoms with van der Waals surface area (Å²) >= 11 is 0. The third kappa shape index (κ3) is 6.81. The van der Waals surface area contributed by atoms with Gasteiger partial charge in [0, 0.05) is 0 Å². The molecule has 94 valence electrons. The monoisotopic (exact) mass is 268 g/mol. The van der Waals surface area contributed by atoms with Gasteiger partial charge in [0.05, 0.1) is 12.6 Å². The van der Waals surface area contributed by atoms with Crippen molar-refractivity contribution in [3.05, 3.63) is 0 Å². The minimum atomic E-state index is -2.53. The quantitative estimate of drug-likeness (QED) is 0.591. The lowest BCUT2D eigenvalue weighted by atomic mass is 10.5. The van der Waals surface area contributed by atoms with Crippen molar-refractivity contribution in [2.75, 3.05) is 39.2 Å². The Balaban J connectivity index is 4.92. The zero-order valence-corrected chi connectivity index (χ0v) is 11.8. The molecule has 6 nitrogen and oxygen atoms in total. The van der Waals surface area contributed by atoms with Crippen LogP contribution in [-0.2, 0) is 18.7 Å². The van der Waals surface area contributed by atoms with E-state index in [1.54, 1.807) is 0 Å². The molecule has 0 aromatic rings. The molecule has 0 bridgehead atoms. The number of primary amides is 1. The highest BCUT2D eigenvalue weighted by atomic mass is 31.2. The standard InChI is InChI=1S/C8H18N2O4P2/c1-15(2,13)5-10(6-16(3,4)14)8(12)7(9)11/h5-6H2,1-4H3,(H2,9,11). The third-order valence-corrected chi connectivity index (χ3v) is 3.57. The first-order valence-corrected chi connectivity index (χ1v) is 10.2. The van der Waals surface area contributed by atoms with Crippen molar-refractivity contribution >= 4 is 26.1 Å². The molecular formula is C8H18N2O4P2. The molecule has 16 heavy (non-hydrogen) atoms. The maximum Gasteiger partial charge on any atom is 0.312 e. The molecule has 0 aromatic heterocycles. The molecule has 0 saturated heterocycles. The molecule has 0 aromatic carbocycles. The van der Waals surface area contributed by atoms with E-state index < -0.39 is 26.1 Å². The summed E-state index contributed by atoms with van der Waals surface area (Å²) in [4.78, 5) is 23.2. The van der Waals surface area contributed by atoms with Gasteiger partial charge in [-0.05, 0) is 26.7 Å². The van der Waals surface area contributed by atoms with Crippen LogP contribution >= 0.6 is 14.3 Å².